The van der Waals surface area contributed by atoms with E-state index in [0.29, 0.717) is 0 Å². The van der Waals surface area contributed by atoms with Crippen LogP contribution in [0.2, 0.25) is 0 Å². The number of likely N-dealkylation sites (N-methyl/N-ethyl adjacent to an activating group) is 1. The van der Waals surface area contributed by atoms with Crippen LogP contribution in [0.3, 0.4) is 0 Å². The van der Waals surface area contributed by atoms with Crippen LogP contribution in [0.4, 0.5) is 0 Å². The van der Waals surface area contributed by atoms with Gasteiger partial charge in [0.15, 0.2) is 0 Å². The maximum absolute atomic E-state index is 4.58. The zero-order chi connectivity index (χ0) is 13.5. The zero-order valence-electron chi connectivity index (χ0n) is 12.3. The Kier molecular flexibility index (Phi) is 3.55. The predicted octanol–water partition coefficient (Wildman–Crippen LogP) is 3.23. The molecule has 4 heteroatoms. The van der Waals surface area contributed by atoms with Gasteiger partial charge in [-0.3, -0.25) is 0 Å². The highest BCUT2D eigenvalue weighted by Crippen LogP contribution is 2.59. The Morgan fingerprint density at radius 1 is 1.05 bits per heavy atom. The van der Waals surface area contributed by atoms with Gasteiger partial charge >= 0.3 is 0 Å². The maximum atomic E-state index is 4.58. The maximum Gasteiger partial charge on any atom is 0.121 e. The van der Waals surface area contributed by atoms with Crippen molar-refractivity contribution >= 4 is 11.3 Å². The minimum atomic E-state index is 0.758. The molecule has 4 aliphatic rings. The first-order valence-corrected chi connectivity index (χ1v) is 9.18. The van der Waals surface area contributed by atoms with Crippen LogP contribution < -0.4 is 5.32 Å². The molecular weight excluding hydrogens is 266 g/mol. The van der Waals surface area contributed by atoms with Gasteiger partial charge in [-0.05, 0) is 62.3 Å². The molecule has 1 aromatic heterocycles. The molecule has 0 amide bonds. The summed E-state index contributed by atoms with van der Waals surface area (Å²) in [6, 6.07) is 0. The summed E-state index contributed by atoms with van der Waals surface area (Å²) in [5.41, 5.74) is 0. The van der Waals surface area contributed by atoms with E-state index in [-0.39, 0.29) is 0 Å². The molecule has 0 saturated heterocycles. The first kappa shape index (κ1) is 13.2. The second-order valence-electron chi connectivity index (χ2n) is 7.09. The number of aromatic nitrogens is 2. The zero-order valence-corrected chi connectivity index (χ0v) is 13.2. The third-order valence-electron chi connectivity index (χ3n) is 5.76. The second-order valence-corrected chi connectivity index (χ2v) is 8.19. The van der Waals surface area contributed by atoms with E-state index >= 15 is 0 Å². The standard InChI is InChI=1S/C16H25N3S/c1-2-17-4-3-14-18-19-16(20-14)15-12-6-10-5-11(8-12)9-13(15)7-10/h10-13,15,17H,2-9H2,1H3. The summed E-state index contributed by atoms with van der Waals surface area (Å²) in [6.07, 6.45) is 8.48. The number of hydrogen-bond donors (Lipinski definition) is 1. The first-order valence-electron chi connectivity index (χ1n) is 8.36. The third-order valence-corrected chi connectivity index (χ3v) is 6.84. The van der Waals surface area contributed by atoms with Crippen molar-refractivity contribution in [3.8, 4) is 0 Å². The molecule has 0 unspecified atom stereocenters. The molecule has 0 atom stereocenters. The summed E-state index contributed by atoms with van der Waals surface area (Å²) < 4.78 is 0. The molecule has 4 bridgehead atoms. The summed E-state index contributed by atoms with van der Waals surface area (Å²) in [7, 11) is 0. The average Bonchev–Trinajstić information content (AvgIpc) is 2.86. The molecule has 4 fully saturated rings. The highest BCUT2D eigenvalue weighted by atomic mass is 32.1. The summed E-state index contributed by atoms with van der Waals surface area (Å²) in [6.45, 7) is 4.23. The lowest BCUT2D eigenvalue weighted by Gasteiger charge is -2.53. The van der Waals surface area contributed by atoms with Crippen molar-refractivity contribution in [3.63, 3.8) is 0 Å². The normalized spacial score (nSPS) is 38.5. The van der Waals surface area contributed by atoms with Gasteiger partial charge < -0.3 is 5.32 Å². The van der Waals surface area contributed by atoms with Crippen LogP contribution in [0.1, 0.15) is 55.0 Å². The van der Waals surface area contributed by atoms with Crippen molar-refractivity contribution in [2.75, 3.05) is 13.1 Å². The Morgan fingerprint density at radius 2 is 1.75 bits per heavy atom. The second kappa shape index (κ2) is 5.38. The Labute approximate surface area is 125 Å². The fourth-order valence-electron chi connectivity index (χ4n) is 5.20. The van der Waals surface area contributed by atoms with Crippen LogP contribution in [0, 0.1) is 23.7 Å². The smallest absolute Gasteiger partial charge is 0.121 e. The quantitative estimate of drug-likeness (QED) is 0.846. The molecule has 4 saturated carbocycles. The van der Waals surface area contributed by atoms with Crippen LogP contribution in [0.25, 0.3) is 0 Å². The Bertz CT molecular complexity index is 442. The van der Waals surface area contributed by atoms with E-state index in [1.807, 2.05) is 11.3 Å². The van der Waals surface area contributed by atoms with Crippen molar-refractivity contribution in [1.29, 1.82) is 0 Å². The van der Waals surface area contributed by atoms with Gasteiger partial charge in [-0.2, -0.15) is 0 Å². The van der Waals surface area contributed by atoms with E-state index in [0.717, 1.165) is 49.1 Å². The molecular formula is C16H25N3S. The molecule has 1 heterocycles. The molecule has 4 aliphatic carbocycles. The summed E-state index contributed by atoms with van der Waals surface area (Å²) in [4.78, 5) is 0. The van der Waals surface area contributed by atoms with E-state index in [2.05, 4.69) is 22.4 Å². The molecule has 0 spiro atoms. The average molecular weight is 291 g/mol. The van der Waals surface area contributed by atoms with Gasteiger partial charge in [0.25, 0.3) is 0 Å². The predicted molar refractivity (Wildman–Crippen MR) is 81.9 cm³/mol. The molecule has 110 valence electrons. The molecule has 5 rings (SSSR count). The number of nitrogens with zero attached hydrogens (tertiary/aromatic N) is 2. The molecule has 0 aliphatic heterocycles. The van der Waals surface area contributed by atoms with Gasteiger partial charge in [-0.15, -0.1) is 21.5 Å². The topological polar surface area (TPSA) is 37.8 Å². The Balaban J connectivity index is 1.47. The molecule has 20 heavy (non-hydrogen) atoms. The summed E-state index contributed by atoms with van der Waals surface area (Å²) in [5, 5.41) is 15.0. The Morgan fingerprint density at radius 3 is 2.40 bits per heavy atom. The third kappa shape index (κ3) is 2.31. The van der Waals surface area contributed by atoms with E-state index in [1.54, 1.807) is 0 Å². The monoisotopic (exact) mass is 291 g/mol. The summed E-state index contributed by atoms with van der Waals surface area (Å²) in [5.74, 6) is 4.72. The van der Waals surface area contributed by atoms with Gasteiger partial charge in [-0.1, -0.05) is 6.92 Å². The van der Waals surface area contributed by atoms with Crippen molar-refractivity contribution in [2.45, 2.75) is 51.4 Å². The van der Waals surface area contributed by atoms with E-state index < -0.39 is 0 Å². The molecule has 0 aromatic carbocycles. The van der Waals surface area contributed by atoms with Crippen LogP contribution in [0.5, 0.6) is 0 Å². The van der Waals surface area contributed by atoms with E-state index in [9.17, 15) is 0 Å². The number of nitrogens with one attached hydrogen (secondary N) is 1. The largest absolute Gasteiger partial charge is 0.317 e. The van der Waals surface area contributed by atoms with Gasteiger partial charge in [0.2, 0.25) is 0 Å². The first-order chi connectivity index (χ1) is 9.83. The van der Waals surface area contributed by atoms with Crippen LogP contribution >= 0.6 is 11.3 Å². The lowest BCUT2D eigenvalue weighted by Crippen LogP contribution is -2.43. The van der Waals surface area contributed by atoms with E-state index in [1.165, 1.54) is 42.1 Å². The lowest BCUT2D eigenvalue weighted by atomic mass is 9.52. The number of rotatable bonds is 5. The van der Waals surface area contributed by atoms with Gasteiger partial charge in [0, 0.05) is 18.9 Å². The Hall–Kier alpha value is -0.480. The van der Waals surface area contributed by atoms with Crippen LogP contribution in [-0.2, 0) is 6.42 Å². The van der Waals surface area contributed by atoms with Crippen molar-refractivity contribution in [1.82, 2.24) is 15.5 Å². The lowest BCUT2D eigenvalue weighted by molar-refractivity contribution is -0.00303. The van der Waals surface area contributed by atoms with Crippen molar-refractivity contribution in [2.24, 2.45) is 23.7 Å². The SMILES string of the molecule is CCNCCc1nnc(C2C3CC4CC(C3)CC2C4)s1. The van der Waals surface area contributed by atoms with Gasteiger partial charge in [-0.25, -0.2) is 0 Å². The fraction of sp³-hybridized carbons (Fsp3) is 0.875. The van der Waals surface area contributed by atoms with Crippen LogP contribution in [-0.4, -0.2) is 23.3 Å². The molecule has 1 N–H and O–H groups in total. The molecule has 0 radical (unpaired) electrons. The van der Waals surface area contributed by atoms with Crippen molar-refractivity contribution < 1.29 is 0 Å². The van der Waals surface area contributed by atoms with Gasteiger partial charge in [0.05, 0.1) is 0 Å². The minimum absolute atomic E-state index is 0.758. The molecule has 1 aromatic rings. The molecule has 3 nitrogen and oxygen atoms in total. The van der Waals surface area contributed by atoms with Gasteiger partial charge in [0.1, 0.15) is 10.0 Å². The van der Waals surface area contributed by atoms with Crippen molar-refractivity contribution in [3.05, 3.63) is 10.0 Å². The van der Waals surface area contributed by atoms with Crippen LogP contribution in [0.15, 0.2) is 0 Å². The fourth-order valence-corrected chi connectivity index (χ4v) is 6.33. The minimum Gasteiger partial charge on any atom is -0.317 e. The highest BCUT2D eigenvalue weighted by molar-refractivity contribution is 7.11. The number of hydrogen-bond acceptors (Lipinski definition) is 4. The summed E-state index contributed by atoms with van der Waals surface area (Å²) >= 11 is 1.90. The highest BCUT2D eigenvalue weighted by Gasteiger charge is 2.49. The van der Waals surface area contributed by atoms with E-state index in [4.69, 9.17) is 0 Å².